The molecule has 6 nitrogen and oxygen atoms in total. The van der Waals surface area contributed by atoms with E-state index in [0.29, 0.717) is 47.3 Å². The van der Waals surface area contributed by atoms with Crippen LogP contribution in [0.2, 0.25) is 10.0 Å². The Hall–Kier alpha value is -2.44. The SMILES string of the molecule is O=C(NC1CCN(C(=O)COc2ccc(Cl)cc2Cl)CC1)c1cccc(O)c1. The summed E-state index contributed by atoms with van der Waals surface area (Å²) in [4.78, 5) is 26.3. The first-order valence-electron chi connectivity index (χ1n) is 8.88. The molecule has 0 bridgehead atoms. The number of rotatable bonds is 5. The number of likely N-dealkylation sites (tertiary alicyclic amines) is 1. The van der Waals surface area contributed by atoms with Crippen molar-refractivity contribution in [3.05, 3.63) is 58.1 Å². The highest BCUT2D eigenvalue weighted by Crippen LogP contribution is 2.27. The van der Waals surface area contributed by atoms with Crippen LogP contribution >= 0.6 is 23.2 Å². The van der Waals surface area contributed by atoms with Gasteiger partial charge in [0.1, 0.15) is 11.5 Å². The Labute approximate surface area is 173 Å². The molecule has 8 heteroatoms. The lowest BCUT2D eigenvalue weighted by molar-refractivity contribution is -0.134. The zero-order valence-electron chi connectivity index (χ0n) is 15.0. The summed E-state index contributed by atoms with van der Waals surface area (Å²) in [6, 6.07) is 11.0. The standard InChI is InChI=1S/C20H20Cl2N2O4/c21-14-4-5-18(17(22)11-14)28-12-19(26)24-8-6-15(7-9-24)23-20(27)13-2-1-3-16(25)10-13/h1-5,10-11,15,25H,6-9,12H2,(H,23,27). The third-order valence-corrected chi connectivity index (χ3v) is 5.07. The summed E-state index contributed by atoms with van der Waals surface area (Å²) in [5.74, 6) is 0.0895. The van der Waals surface area contributed by atoms with E-state index in [1.54, 1.807) is 35.2 Å². The van der Waals surface area contributed by atoms with Crippen LogP contribution in [0.4, 0.5) is 0 Å². The zero-order valence-corrected chi connectivity index (χ0v) is 16.5. The number of aromatic hydroxyl groups is 1. The summed E-state index contributed by atoms with van der Waals surface area (Å²) < 4.78 is 5.49. The van der Waals surface area contributed by atoms with Gasteiger partial charge < -0.3 is 20.1 Å². The van der Waals surface area contributed by atoms with Crippen molar-refractivity contribution in [2.75, 3.05) is 19.7 Å². The van der Waals surface area contributed by atoms with Crippen LogP contribution in [-0.4, -0.2) is 47.6 Å². The molecule has 2 N–H and O–H groups in total. The van der Waals surface area contributed by atoms with Gasteiger partial charge in [0.2, 0.25) is 0 Å². The van der Waals surface area contributed by atoms with Crippen LogP contribution in [0, 0.1) is 0 Å². The highest BCUT2D eigenvalue weighted by Gasteiger charge is 2.24. The lowest BCUT2D eigenvalue weighted by atomic mass is 10.0. The van der Waals surface area contributed by atoms with Crippen molar-refractivity contribution in [1.29, 1.82) is 0 Å². The molecule has 1 saturated heterocycles. The summed E-state index contributed by atoms with van der Waals surface area (Å²) in [7, 11) is 0. The fraction of sp³-hybridized carbons (Fsp3) is 0.300. The maximum absolute atomic E-state index is 12.4. The van der Waals surface area contributed by atoms with Gasteiger partial charge in [-0.3, -0.25) is 9.59 Å². The molecule has 0 spiro atoms. The molecule has 2 aromatic carbocycles. The van der Waals surface area contributed by atoms with Crippen LogP contribution in [0.25, 0.3) is 0 Å². The van der Waals surface area contributed by atoms with Gasteiger partial charge >= 0.3 is 0 Å². The Kier molecular flexibility index (Phi) is 6.65. The van der Waals surface area contributed by atoms with E-state index >= 15 is 0 Å². The van der Waals surface area contributed by atoms with Gasteiger partial charge in [-0.05, 0) is 49.2 Å². The lowest BCUT2D eigenvalue weighted by Crippen LogP contribution is -2.47. The molecule has 0 atom stereocenters. The van der Waals surface area contributed by atoms with E-state index in [0.717, 1.165) is 0 Å². The first-order valence-corrected chi connectivity index (χ1v) is 9.63. The van der Waals surface area contributed by atoms with Crippen molar-refractivity contribution < 1.29 is 19.4 Å². The molecule has 2 aromatic rings. The first-order chi connectivity index (χ1) is 13.4. The van der Waals surface area contributed by atoms with E-state index in [-0.39, 0.29) is 30.2 Å². The molecule has 1 aliphatic rings. The molecule has 1 aliphatic heterocycles. The number of nitrogens with one attached hydrogen (secondary N) is 1. The average Bonchev–Trinajstić information content (AvgIpc) is 2.67. The summed E-state index contributed by atoms with van der Waals surface area (Å²) in [6.45, 7) is 0.949. The van der Waals surface area contributed by atoms with Crippen LogP contribution in [-0.2, 0) is 4.79 Å². The van der Waals surface area contributed by atoms with Crippen molar-refractivity contribution in [3.8, 4) is 11.5 Å². The summed E-state index contributed by atoms with van der Waals surface area (Å²) in [6.07, 6.45) is 1.30. The largest absolute Gasteiger partial charge is 0.508 e. The molecule has 2 amide bonds. The average molecular weight is 423 g/mol. The summed E-state index contributed by atoms with van der Waals surface area (Å²) >= 11 is 11.9. The second kappa shape index (κ2) is 9.17. The molecule has 0 aromatic heterocycles. The smallest absolute Gasteiger partial charge is 0.260 e. The fourth-order valence-electron chi connectivity index (χ4n) is 3.01. The number of hydrogen-bond acceptors (Lipinski definition) is 4. The van der Waals surface area contributed by atoms with Gasteiger partial charge in [0.25, 0.3) is 11.8 Å². The van der Waals surface area contributed by atoms with Crippen molar-refractivity contribution >= 4 is 35.0 Å². The van der Waals surface area contributed by atoms with Crippen LogP contribution in [0.1, 0.15) is 23.2 Å². The summed E-state index contributed by atoms with van der Waals surface area (Å²) in [5.41, 5.74) is 0.409. The van der Waals surface area contributed by atoms with Gasteiger partial charge in [-0.2, -0.15) is 0 Å². The van der Waals surface area contributed by atoms with Gasteiger partial charge in [-0.15, -0.1) is 0 Å². The van der Waals surface area contributed by atoms with Crippen LogP contribution < -0.4 is 10.1 Å². The number of benzene rings is 2. The molecule has 0 radical (unpaired) electrons. The molecule has 148 valence electrons. The molecule has 1 heterocycles. The molecule has 0 saturated carbocycles. The topological polar surface area (TPSA) is 78.9 Å². The van der Waals surface area contributed by atoms with Crippen LogP contribution in [0.5, 0.6) is 11.5 Å². The van der Waals surface area contributed by atoms with E-state index in [2.05, 4.69) is 5.32 Å². The number of nitrogens with zero attached hydrogens (tertiary/aromatic N) is 1. The number of carbonyl (C=O) groups is 2. The van der Waals surface area contributed by atoms with Gasteiger partial charge in [-0.25, -0.2) is 0 Å². The zero-order chi connectivity index (χ0) is 20.1. The van der Waals surface area contributed by atoms with Crippen LogP contribution in [0.3, 0.4) is 0 Å². The minimum Gasteiger partial charge on any atom is -0.508 e. The number of carbonyl (C=O) groups excluding carboxylic acids is 2. The number of ether oxygens (including phenoxy) is 1. The number of phenols is 1. The fourth-order valence-corrected chi connectivity index (χ4v) is 3.48. The second-order valence-electron chi connectivity index (χ2n) is 6.54. The molecular formula is C20H20Cl2N2O4. The Bertz CT molecular complexity index is 867. The number of phenolic OH excluding ortho intramolecular Hbond substituents is 1. The van der Waals surface area contributed by atoms with E-state index < -0.39 is 0 Å². The van der Waals surface area contributed by atoms with Crippen molar-refractivity contribution in [2.45, 2.75) is 18.9 Å². The second-order valence-corrected chi connectivity index (χ2v) is 7.39. The van der Waals surface area contributed by atoms with Crippen molar-refractivity contribution in [2.24, 2.45) is 0 Å². The maximum Gasteiger partial charge on any atom is 0.260 e. The van der Waals surface area contributed by atoms with Crippen molar-refractivity contribution in [3.63, 3.8) is 0 Å². The Morgan fingerprint density at radius 2 is 1.89 bits per heavy atom. The summed E-state index contributed by atoms with van der Waals surface area (Å²) in [5, 5.41) is 13.3. The minimum atomic E-state index is -0.235. The van der Waals surface area contributed by atoms with Gasteiger partial charge in [0.15, 0.2) is 6.61 Å². The molecular weight excluding hydrogens is 403 g/mol. The molecule has 0 unspecified atom stereocenters. The van der Waals surface area contributed by atoms with E-state index in [4.69, 9.17) is 27.9 Å². The van der Waals surface area contributed by atoms with Crippen molar-refractivity contribution in [1.82, 2.24) is 10.2 Å². The normalized spacial score (nSPS) is 14.6. The predicted octanol–water partition coefficient (Wildman–Crippen LogP) is 3.50. The Morgan fingerprint density at radius 3 is 2.57 bits per heavy atom. The van der Waals surface area contributed by atoms with Gasteiger partial charge in [0.05, 0.1) is 5.02 Å². The number of halogens is 2. The molecule has 3 rings (SSSR count). The first kappa shape index (κ1) is 20.3. The van der Waals surface area contributed by atoms with Gasteiger partial charge in [-0.1, -0.05) is 29.3 Å². The highest BCUT2D eigenvalue weighted by molar-refractivity contribution is 6.35. The molecule has 1 fully saturated rings. The van der Waals surface area contributed by atoms with E-state index in [1.165, 1.54) is 12.1 Å². The van der Waals surface area contributed by atoms with E-state index in [9.17, 15) is 14.7 Å². The highest BCUT2D eigenvalue weighted by atomic mass is 35.5. The van der Waals surface area contributed by atoms with E-state index in [1.807, 2.05) is 0 Å². The molecule has 0 aliphatic carbocycles. The minimum absolute atomic E-state index is 0.0227. The number of piperidine rings is 1. The quantitative estimate of drug-likeness (QED) is 0.772. The number of amides is 2. The molecule has 28 heavy (non-hydrogen) atoms. The predicted molar refractivity (Wildman–Crippen MR) is 107 cm³/mol. The number of hydrogen-bond donors (Lipinski definition) is 2. The lowest BCUT2D eigenvalue weighted by Gasteiger charge is -2.32. The third kappa shape index (κ3) is 5.30. The Morgan fingerprint density at radius 1 is 1.14 bits per heavy atom. The monoisotopic (exact) mass is 422 g/mol. The maximum atomic E-state index is 12.4. The van der Waals surface area contributed by atoms with Crippen LogP contribution in [0.15, 0.2) is 42.5 Å². The van der Waals surface area contributed by atoms with Gasteiger partial charge in [0, 0.05) is 29.7 Å². The third-order valence-electron chi connectivity index (χ3n) is 4.54. The Balaban J connectivity index is 1.45.